The van der Waals surface area contributed by atoms with Gasteiger partial charge in [0.05, 0.1) is 10.6 Å². The first-order valence-electron chi connectivity index (χ1n) is 10.1. The van der Waals surface area contributed by atoms with E-state index in [2.05, 4.69) is 0 Å². The van der Waals surface area contributed by atoms with Gasteiger partial charge in [-0.2, -0.15) is 0 Å². The molecule has 0 unspecified atom stereocenters. The molecule has 4 heteroatoms. The van der Waals surface area contributed by atoms with E-state index >= 15 is 0 Å². The molecule has 152 valence electrons. The Morgan fingerprint density at radius 1 is 0.613 bits per heavy atom. The largest absolute Gasteiger partial charge is 0.268 e. The summed E-state index contributed by atoms with van der Waals surface area (Å²) in [5, 5.41) is 0. The molecule has 0 amide bonds. The predicted molar refractivity (Wildman–Crippen MR) is 126 cm³/mol. The van der Waals surface area contributed by atoms with Crippen LogP contribution in [0.5, 0.6) is 0 Å². The second kappa shape index (κ2) is 7.56. The molecule has 0 saturated heterocycles. The summed E-state index contributed by atoms with van der Waals surface area (Å²) in [5.74, 6) is 0. The summed E-state index contributed by atoms with van der Waals surface area (Å²) < 4.78 is 29.1. The number of hydrogen-bond acceptors (Lipinski definition) is 2. The van der Waals surface area contributed by atoms with Crippen molar-refractivity contribution >= 4 is 21.3 Å². The van der Waals surface area contributed by atoms with Crippen LogP contribution in [0.2, 0.25) is 0 Å². The highest BCUT2D eigenvalue weighted by atomic mass is 32.2. The zero-order valence-corrected chi connectivity index (χ0v) is 17.9. The maximum absolute atomic E-state index is 13.8. The van der Waals surface area contributed by atoms with Crippen molar-refractivity contribution in [3.63, 3.8) is 0 Å². The molecule has 0 atom stereocenters. The van der Waals surface area contributed by atoms with Crippen molar-refractivity contribution < 1.29 is 8.42 Å². The Kier molecular flexibility index (Phi) is 4.72. The number of hydrogen-bond donors (Lipinski definition) is 0. The molecule has 1 aliphatic heterocycles. The van der Waals surface area contributed by atoms with Crippen LogP contribution in [0, 0.1) is 6.92 Å². The maximum Gasteiger partial charge on any atom is 0.268 e. The highest BCUT2D eigenvalue weighted by Crippen LogP contribution is 2.43. The van der Waals surface area contributed by atoms with Crippen LogP contribution in [-0.4, -0.2) is 8.42 Å². The summed E-state index contributed by atoms with van der Waals surface area (Å²) in [6.45, 7) is 1.95. The first kappa shape index (κ1) is 19.3. The first-order valence-corrected chi connectivity index (χ1v) is 11.6. The van der Waals surface area contributed by atoms with Crippen LogP contribution in [-0.2, 0) is 10.0 Å². The molecule has 0 spiro atoms. The fourth-order valence-electron chi connectivity index (χ4n) is 3.97. The Hall–Kier alpha value is -3.63. The van der Waals surface area contributed by atoms with Gasteiger partial charge in [0, 0.05) is 17.3 Å². The molecule has 4 aromatic rings. The number of nitrogens with zero attached hydrogens (tertiary/aromatic N) is 1. The Morgan fingerprint density at radius 3 is 1.90 bits per heavy atom. The average molecular weight is 424 g/mol. The topological polar surface area (TPSA) is 37.4 Å². The maximum atomic E-state index is 13.8. The van der Waals surface area contributed by atoms with E-state index < -0.39 is 10.0 Å². The van der Waals surface area contributed by atoms with Crippen LogP contribution in [0.15, 0.2) is 114 Å². The van der Waals surface area contributed by atoms with E-state index in [-0.39, 0.29) is 4.90 Å². The lowest BCUT2D eigenvalue weighted by Gasteiger charge is -2.22. The zero-order valence-electron chi connectivity index (χ0n) is 17.1. The number of aryl methyl sites for hydroxylation is 1. The smallest absolute Gasteiger partial charge is 0.241 e. The summed E-state index contributed by atoms with van der Waals surface area (Å²) >= 11 is 0. The summed E-state index contributed by atoms with van der Waals surface area (Å²) in [7, 11) is -3.82. The van der Waals surface area contributed by atoms with Gasteiger partial charge in [0.15, 0.2) is 0 Å². The first-order chi connectivity index (χ1) is 15.1. The van der Waals surface area contributed by atoms with Gasteiger partial charge in [-0.1, -0.05) is 90.5 Å². The summed E-state index contributed by atoms with van der Waals surface area (Å²) in [6.07, 6.45) is 1.76. The van der Waals surface area contributed by atoms with E-state index in [0.717, 1.165) is 33.4 Å². The minimum absolute atomic E-state index is 0.266. The second-order valence-electron chi connectivity index (χ2n) is 7.59. The van der Waals surface area contributed by atoms with Gasteiger partial charge < -0.3 is 0 Å². The molecule has 0 fully saturated rings. The van der Waals surface area contributed by atoms with Crippen molar-refractivity contribution in [1.82, 2.24) is 0 Å². The molecule has 0 saturated carbocycles. The lowest BCUT2D eigenvalue weighted by atomic mass is 9.92. The van der Waals surface area contributed by atoms with Crippen LogP contribution in [0.25, 0.3) is 16.7 Å². The molecule has 3 nitrogen and oxygen atoms in total. The number of fused-ring (bicyclic) bond motifs is 3. The minimum atomic E-state index is -3.82. The van der Waals surface area contributed by atoms with Crippen molar-refractivity contribution in [2.75, 3.05) is 4.31 Å². The van der Waals surface area contributed by atoms with Gasteiger partial charge in [0.25, 0.3) is 10.0 Å². The van der Waals surface area contributed by atoms with E-state index in [1.54, 1.807) is 18.3 Å². The Balaban J connectivity index is 1.83. The lowest BCUT2D eigenvalue weighted by Crippen LogP contribution is -2.26. The number of para-hydroxylation sites is 1. The fraction of sp³-hybridized carbons (Fsp3) is 0.0370. The van der Waals surface area contributed by atoms with Gasteiger partial charge in [-0.05, 0) is 41.8 Å². The van der Waals surface area contributed by atoms with Crippen molar-refractivity contribution in [3.8, 4) is 11.1 Å². The van der Waals surface area contributed by atoms with Crippen LogP contribution < -0.4 is 4.31 Å². The molecule has 0 N–H and O–H groups in total. The predicted octanol–water partition coefficient (Wildman–Crippen LogP) is 6.26. The molecule has 1 heterocycles. The summed E-state index contributed by atoms with van der Waals surface area (Å²) in [6, 6.07) is 32.6. The molecule has 1 aliphatic rings. The SMILES string of the molecule is Cc1ccc(S(=O)(=O)N2C=C(c3ccccc3)c3ccccc3-c3ccccc32)cc1. The van der Waals surface area contributed by atoms with Crippen LogP contribution in [0.3, 0.4) is 0 Å². The van der Waals surface area contributed by atoms with E-state index in [1.807, 2.05) is 97.9 Å². The van der Waals surface area contributed by atoms with Gasteiger partial charge in [0.2, 0.25) is 0 Å². The van der Waals surface area contributed by atoms with E-state index in [9.17, 15) is 8.42 Å². The van der Waals surface area contributed by atoms with Gasteiger partial charge in [0.1, 0.15) is 0 Å². The lowest BCUT2D eigenvalue weighted by molar-refractivity contribution is 0.596. The molecule has 5 rings (SSSR count). The number of anilines is 1. The molecule has 0 bridgehead atoms. The molecular weight excluding hydrogens is 402 g/mol. The number of sulfonamides is 1. The molecule has 0 radical (unpaired) electrons. The monoisotopic (exact) mass is 423 g/mol. The Morgan fingerprint density at radius 2 is 1.19 bits per heavy atom. The van der Waals surface area contributed by atoms with Crippen molar-refractivity contribution in [1.29, 1.82) is 0 Å². The molecule has 31 heavy (non-hydrogen) atoms. The quantitative estimate of drug-likeness (QED) is 0.390. The van der Waals surface area contributed by atoms with Crippen LogP contribution >= 0.6 is 0 Å². The highest BCUT2D eigenvalue weighted by molar-refractivity contribution is 7.93. The van der Waals surface area contributed by atoms with Crippen molar-refractivity contribution in [3.05, 3.63) is 126 Å². The number of rotatable bonds is 3. The Labute approximate surface area is 183 Å². The van der Waals surface area contributed by atoms with E-state index in [1.165, 1.54) is 4.31 Å². The highest BCUT2D eigenvalue weighted by Gasteiger charge is 2.30. The van der Waals surface area contributed by atoms with E-state index in [0.29, 0.717) is 5.69 Å². The van der Waals surface area contributed by atoms with Crippen molar-refractivity contribution in [2.45, 2.75) is 11.8 Å². The Bertz CT molecular complexity index is 1390. The third-order valence-electron chi connectivity index (χ3n) is 5.56. The zero-order chi connectivity index (χ0) is 21.4. The third kappa shape index (κ3) is 3.35. The minimum Gasteiger partial charge on any atom is -0.241 e. The van der Waals surface area contributed by atoms with Crippen LogP contribution in [0.4, 0.5) is 5.69 Å². The molecular formula is C27H21NO2S. The third-order valence-corrected chi connectivity index (χ3v) is 7.25. The van der Waals surface area contributed by atoms with Gasteiger partial charge in [-0.3, -0.25) is 0 Å². The standard InChI is InChI=1S/C27H21NO2S/c1-20-15-17-22(18-16-20)31(29,30)28-19-26(21-9-3-2-4-10-21)24-12-6-5-11-23(24)25-13-7-8-14-27(25)28/h2-19H,1H3. The van der Waals surface area contributed by atoms with Gasteiger partial charge in [-0.15, -0.1) is 0 Å². The average Bonchev–Trinajstić information content (AvgIpc) is 2.95. The molecule has 4 aromatic carbocycles. The summed E-state index contributed by atoms with van der Waals surface area (Å²) in [4.78, 5) is 0.266. The second-order valence-corrected chi connectivity index (χ2v) is 9.40. The van der Waals surface area contributed by atoms with Gasteiger partial charge >= 0.3 is 0 Å². The molecule has 0 aliphatic carbocycles. The van der Waals surface area contributed by atoms with E-state index in [4.69, 9.17) is 0 Å². The van der Waals surface area contributed by atoms with Crippen LogP contribution in [0.1, 0.15) is 16.7 Å². The van der Waals surface area contributed by atoms with Crippen molar-refractivity contribution in [2.24, 2.45) is 0 Å². The fourth-order valence-corrected chi connectivity index (χ4v) is 5.34. The summed E-state index contributed by atoms with van der Waals surface area (Å²) in [5.41, 5.74) is 6.38. The van der Waals surface area contributed by atoms with Gasteiger partial charge in [-0.25, -0.2) is 12.7 Å². The number of benzene rings is 4. The molecule has 0 aromatic heterocycles. The normalized spacial score (nSPS) is 13.1.